The van der Waals surface area contributed by atoms with Crippen molar-refractivity contribution in [2.24, 2.45) is 11.7 Å². The fraction of sp³-hybridized carbons (Fsp3) is 0.500. The lowest BCUT2D eigenvalue weighted by atomic mass is 10.0. The average Bonchev–Trinajstić information content (AvgIpc) is 2.33. The van der Waals surface area contributed by atoms with Gasteiger partial charge in [0.05, 0.1) is 0 Å². The van der Waals surface area contributed by atoms with Gasteiger partial charge < -0.3 is 11.5 Å². The maximum absolute atomic E-state index is 5.91. The number of thiophene rings is 1. The first-order chi connectivity index (χ1) is 5.13. The van der Waals surface area contributed by atoms with Gasteiger partial charge in [0.2, 0.25) is 0 Å². The summed E-state index contributed by atoms with van der Waals surface area (Å²) in [6, 6.07) is 2.00. The highest BCUT2D eigenvalue weighted by molar-refractivity contribution is 7.10. The van der Waals surface area contributed by atoms with Crippen LogP contribution < -0.4 is 11.5 Å². The number of hydrogen-bond donors (Lipinski definition) is 2. The first-order valence-electron chi connectivity index (χ1n) is 3.71. The third kappa shape index (κ3) is 1.73. The van der Waals surface area contributed by atoms with E-state index in [4.69, 9.17) is 11.5 Å². The Morgan fingerprint density at radius 3 is 2.45 bits per heavy atom. The van der Waals surface area contributed by atoms with Crippen molar-refractivity contribution in [3.8, 4) is 0 Å². The molecule has 2 nitrogen and oxygen atoms in total. The number of nitrogens with two attached hydrogens (primary N) is 2. The Hall–Kier alpha value is -0.540. The maximum atomic E-state index is 5.91. The van der Waals surface area contributed by atoms with Crippen LogP contribution >= 0.6 is 11.3 Å². The molecule has 1 aromatic heterocycles. The molecule has 0 radical (unpaired) electrons. The average molecular weight is 170 g/mol. The quantitative estimate of drug-likeness (QED) is 0.713. The summed E-state index contributed by atoms with van der Waals surface area (Å²) in [5.41, 5.74) is 12.5. The van der Waals surface area contributed by atoms with Crippen LogP contribution in [0.1, 0.15) is 24.8 Å². The third-order valence-corrected chi connectivity index (χ3v) is 2.78. The molecule has 1 heterocycles. The van der Waals surface area contributed by atoms with Gasteiger partial charge in [-0.1, -0.05) is 13.8 Å². The fourth-order valence-corrected chi connectivity index (χ4v) is 1.90. The molecule has 0 amide bonds. The maximum Gasteiger partial charge on any atom is 0.0471 e. The van der Waals surface area contributed by atoms with Gasteiger partial charge in [0.15, 0.2) is 0 Å². The van der Waals surface area contributed by atoms with Crippen LogP contribution in [0.3, 0.4) is 0 Å². The van der Waals surface area contributed by atoms with Crippen molar-refractivity contribution in [3.05, 3.63) is 16.3 Å². The largest absolute Gasteiger partial charge is 0.398 e. The highest BCUT2D eigenvalue weighted by Crippen LogP contribution is 2.29. The first kappa shape index (κ1) is 8.56. The zero-order chi connectivity index (χ0) is 8.43. The lowest BCUT2D eigenvalue weighted by molar-refractivity contribution is 0.522. The monoisotopic (exact) mass is 170 g/mol. The number of anilines is 1. The summed E-state index contributed by atoms with van der Waals surface area (Å²) in [5.74, 6) is 0.455. The van der Waals surface area contributed by atoms with Crippen molar-refractivity contribution in [2.45, 2.75) is 19.9 Å². The van der Waals surface area contributed by atoms with Crippen LogP contribution in [-0.4, -0.2) is 0 Å². The first-order valence-corrected chi connectivity index (χ1v) is 4.59. The zero-order valence-electron chi connectivity index (χ0n) is 6.87. The van der Waals surface area contributed by atoms with Gasteiger partial charge in [-0.2, -0.15) is 0 Å². The van der Waals surface area contributed by atoms with Crippen LogP contribution in [0.4, 0.5) is 5.69 Å². The molecule has 0 spiro atoms. The summed E-state index contributed by atoms with van der Waals surface area (Å²) in [5, 5.41) is 1.98. The van der Waals surface area contributed by atoms with E-state index in [-0.39, 0.29) is 6.04 Å². The highest BCUT2D eigenvalue weighted by Gasteiger charge is 2.13. The third-order valence-electron chi connectivity index (χ3n) is 1.75. The summed E-state index contributed by atoms with van der Waals surface area (Å²) in [6.45, 7) is 4.20. The summed E-state index contributed by atoms with van der Waals surface area (Å²) in [4.78, 5) is 1.11. The summed E-state index contributed by atoms with van der Waals surface area (Å²) in [7, 11) is 0. The van der Waals surface area contributed by atoms with Crippen LogP contribution in [0.15, 0.2) is 11.4 Å². The van der Waals surface area contributed by atoms with Crippen molar-refractivity contribution in [2.75, 3.05) is 5.73 Å². The minimum Gasteiger partial charge on any atom is -0.398 e. The molecule has 4 N–H and O–H groups in total. The van der Waals surface area contributed by atoms with E-state index in [2.05, 4.69) is 13.8 Å². The van der Waals surface area contributed by atoms with Gasteiger partial charge in [0, 0.05) is 16.6 Å². The van der Waals surface area contributed by atoms with Crippen molar-refractivity contribution in [1.29, 1.82) is 0 Å². The van der Waals surface area contributed by atoms with E-state index in [0.717, 1.165) is 10.6 Å². The van der Waals surface area contributed by atoms with E-state index in [1.807, 2.05) is 11.4 Å². The lowest BCUT2D eigenvalue weighted by Crippen LogP contribution is -2.16. The van der Waals surface area contributed by atoms with Crippen molar-refractivity contribution in [1.82, 2.24) is 0 Å². The van der Waals surface area contributed by atoms with E-state index in [0.29, 0.717) is 5.92 Å². The van der Waals surface area contributed by atoms with Crippen molar-refractivity contribution in [3.63, 3.8) is 0 Å². The topological polar surface area (TPSA) is 52.0 Å². The zero-order valence-corrected chi connectivity index (χ0v) is 7.69. The Bertz CT molecular complexity index is 230. The van der Waals surface area contributed by atoms with E-state index < -0.39 is 0 Å². The number of nitrogen functional groups attached to an aromatic ring is 1. The van der Waals surface area contributed by atoms with Gasteiger partial charge in [-0.25, -0.2) is 0 Å². The molecular formula is C8H14N2S. The molecule has 1 atom stereocenters. The summed E-state index contributed by atoms with van der Waals surface area (Å²) in [6.07, 6.45) is 0. The molecule has 1 rings (SSSR count). The van der Waals surface area contributed by atoms with Gasteiger partial charge in [-0.15, -0.1) is 11.3 Å². The number of rotatable bonds is 2. The molecule has 0 aliphatic heterocycles. The van der Waals surface area contributed by atoms with Gasteiger partial charge >= 0.3 is 0 Å². The molecule has 0 aliphatic carbocycles. The number of hydrogen-bond acceptors (Lipinski definition) is 3. The van der Waals surface area contributed by atoms with Crippen LogP contribution in [0.2, 0.25) is 0 Å². The van der Waals surface area contributed by atoms with Crippen LogP contribution in [0.5, 0.6) is 0 Å². The molecular weight excluding hydrogens is 156 g/mol. The SMILES string of the molecule is CC(C)[C@H](N)c1sccc1N. The molecule has 3 heteroatoms. The van der Waals surface area contributed by atoms with Crippen LogP contribution in [0.25, 0.3) is 0 Å². The van der Waals surface area contributed by atoms with E-state index in [9.17, 15) is 0 Å². The standard InChI is InChI=1S/C8H14N2S/c1-5(2)7(10)8-6(9)3-4-11-8/h3-5,7H,9-10H2,1-2H3/t7-/m0/s1. The molecule has 0 saturated heterocycles. The van der Waals surface area contributed by atoms with Crippen molar-refractivity contribution >= 4 is 17.0 Å². The molecule has 1 aromatic rings. The molecule has 0 unspecified atom stereocenters. The van der Waals surface area contributed by atoms with E-state index >= 15 is 0 Å². The molecule has 0 fully saturated rings. The second kappa shape index (κ2) is 3.24. The van der Waals surface area contributed by atoms with Gasteiger partial charge in [0.25, 0.3) is 0 Å². The van der Waals surface area contributed by atoms with Crippen LogP contribution in [0, 0.1) is 5.92 Å². The Balaban J connectivity index is 2.84. The molecule has 0 aliphatic rings. The predicted molar refractivity (Wildman–Crippen MR) is 50.5 cm³/mol. The van der Waals surface area contributed by atoms with Gasteiger partial charge in [0.1, 0.15) is 0 Å². The lowest BCUT2D eigenvalue weighted by Gasteiger charge is -2.14. The molecule has 0 aromatic carbocycles. The van der Waals surface area contributed by atoms with E-state index in [1.54, 1.807) is 11.3 Å². The minimum absolute atomic E-state index is 0.0926. The van der Waals surface area contributed by atoms with E-state index in [1.165, 1.54) is 0 Å². The highest BCUT2D eigenvalue weighted by atomic mass is 32.1. The second-order valence-electron chi connectivity index (χ2n) is 3.01. The predicted octanol–water partition coefficient (Wildman–Crippen LogP) is 1.99. The minimum atomic E-state index is 0.0926. The molecule has 0 saturated carbocycles. The Kier molecular flexibility index (Phi) is 2.52. The Labute approximate surface area is 71.2 Å². The normalized spacial score (nSPS) is 13.8. The van der Waals surface area contributed by atoms with Gasteiger partial charge in [-0.3, -0.25) is 0 Å². The fourth-order valence-electron chi connectivity index (χ4n) is 0.905. The summed E-state index contributed by atoms with van der Waals surface area (Å²) >= 11 is 1.64. The molecule has 11 heavy (non-hydrogen) atoms. The molecule has 0 bridgehead atoms. The smallest absolute Gasteiger partial charge is 0.0471 e. The molecule has 62 valence electrons. The van der Waals surface area contributed by atoms with Crippen LogP contribution in [-0.2, 0) is 0 Å². The summed E-state index contributed by atoms with van der Waals surface area (Å²) < 4.78 is 0. The van der Waals surface area contributed by atoms with Crippen molar-refractivity contribution < 1.29 is 0 Å². The van der Waals surface area contributed by atoms with Gasteiger partial charge in [-0.05, 0) is 17.4 Å². The Morgan fingerprint density at radius 2 is 2.09 bits per heavy atom. The second-order valence-corrected chi connectivity index (χ2v) is 3.96. The Morgan fingerprint density at radius 1 is 1.45 bits per heavy atom.